The van der Waals surface area contributed by atoms with Crippen molar-refractivity contribution in [2.45, 2.75) is 175 Å². The number of carbonyl (C=O) groups is 3. The molecular weight excluding hydrogens is 1680 g/mol. The number of imidazole rings is 2. The lowest BCUT2D eigenvalue weighted by molar-refractivity contribution is 0.0961. The van der Waals surface area contributed by atoms with Gasteiger partial charge >= 0.3 is 0 Å². The van der Waals surface area contributed by atoms with Crippen LogP contribution in [0.25, 0.3) is 43.6 Å². The zero-order chi connectivity index (χ0) is 80.5. The summed E-state index contributed by atoms with van der Waals surface area (Å²) in [5.74, 6) is 0.255. The number of fused-ring (bicyclic) bond motifs is 9. The Kier molecular flexibility index (Phi) is 26.1. The summed E-state index contributed by atoms with van der Waals surface area (Å²) >= 11 is 12.3. The molecule has 596 valence electrons. The van der Waals surface area contributed by atoms with Crippen molar-refractivity contribution >= 4 is 123 Å². The molecule has 1 unspecified atom stereocenters. The van der Waals surface area contributed by atoms with E-state index in [9.17, 15) is 14.4 Å². The number of benzene rings is 7. The van der Waals surface area contributed by atoms with E-state index in [1.807, 2.05) is 153 Å². The number of ketones is 3. The van der Waals surface area contributed by atoms with Crippen LogP contribution in [0.4, 0.5) is 0 Å². The molecule has 21 rings (SSSR count). The minimum Gasteiger partial charge on any atom is -0.321 e. The molecule has 0 radical (unpaired) electrons. The fraction of sp³-hybridized carbons (Fsp3) is 0.295. The molecule has 15 nitrogen and oxygen atoms in total. The first-order valence-corrected chi connectivity index (χ1v) is 46.8. The Morgan fingerprint density at radius 1 is 0.419 bits per heavy atom. The van der Waals surface area contributed by atoms with Crippen molar-refractivity contribution in [2.75, 3.05) is 6.54 Å². The zero-order valence-corrected chi connectivity index (χ0v) is 73.3. The number of carbonyl (C=O) groups excluding carboxylic acids is 3. The van der Waals surface area contributed by atoms with Gasteiger partial charge in [-0.2, -0.15) is 0 Å². The third-order valence-electron chi connectivity index (χ3n) is 22.6. The second-order valence-corrected chi connectivity index (χ2v) is 38.2. The van der Waals surface area contributed by atoms with E-state index in [0.29, 0.717) is 39.1 Å². The van der Waals surface area contributed by atoms with E-state index in [1.54, 1.807) is 26.8 Å². The molecule has 7 aromatic heterocycles. The Hall–Kier alpha value is -9.53. The molecule has 2 aliphatic heterocycles. The molecule has 0 spiro atoms. The Morgan fingerprint density at radius 3 is 1.32 bits per heavy atom. The van der Waals surface area contributed by atoms with Gasteiger partial charge in [0.2, 0.25) is 0 Å². The first-order valence-electron chi connectivity index (χ1n) is 40.8. The third-order valence-corrected chi connectivity index (χ3v) is 30.0. The highest BCUT2D eigenvalue weighted by molar-refractivity contribution is 14.1. The summed E-state index contributed by atoms with van der Waals surface area (Å²) in [6, 6.07) is 63.2. The number of hydrogen-bond donors (Lipinski definition) is 3. The Balaban J connectivity index is 0.000000106. The minimum absolute atomic E-state index is 0.0734. The number of aromatic nitrogens is 7. The van der Waals surface area contributed by atoms with Gasteiger partial charge in [0.25, 0.3) is 0 Å². The highest BCUT2D eigenvalue weighted by Gasteiger charge is 2.37. The van der Waals surface area contributed by atoms with Gasteiger partial charge in [-0.05, 0) is 201 Å². The number of allylic oxidation sites excluding steroid dienone is 2. The van der Waals surface area contributed by atoms with Gasteiger partial charge < -0.3 is 18.6 Å². The number of nitrogens with one attached hydrogen (secondary N) is 3. The molecule has 9 heterocycles. The average molecular weight is 1770 g/mol. The molecule has 22 heteroatoms. The molecule has 5 aliphatic carbocycles. The summed E-state index contributed by atoms with van der Waals surface area (Å²) in [5, 5.41) is 27.7. The van der Waals surface area contributed by atoms with E-state index in [-0.39, 0.29) is 23.9 Å². The lowest BCUT2D eigenvalue weighted by Gasteiger charge is -2.21. The molecule has 14 aromatic rings. The maximum atomic E-state index is 12.7. The van der Waals surface area contributed by atoms with Crippen molar-refractivity contribution in [1.29, 1.82) is 16.2 Å². The van der Waals surface area contributed by atoms with Crippen LogP contribution in [0.5, 0.6) is 0 Å². The zero-order valence-electron chi connectivity index (χ0n) is 66.3. The number of nitrogens with zero attached hydrogens (tertiary/aromatic N) is 9. The van der Waals surface area contributed by atoms with Crippen molar-refractivity contribution in [2.24, 2.45) is 4.99 Å². The SMILES string of the molecule is Cc1ccc(-c2cn3c4c(sc3n2)CCCC4)cc1.Cc1ccc(C(=O)Cn2c3c(sc2=N)CCCC3)cc1.Cc1csc2nc(-c3ccccc3)cn12.N=c1sc2c(n1CC(=O)c1ccc(-c3ccccc3)cc1)CCCC2.N=c1sc2c(n1CC(=O)c1ccc(I)cc1)CCCC2.c1ccc(C2CN3C(=N2)SC2=C3CCCC2)cc1. The predicted molar refractivity (Wildman–Crippen MR) is 489 cm³/mol. The van der Waals surface area contributed by atoms with Crippen LogP contribution in [0, 0.1) is 40.6 Å². The van der Waals surface area contributed by atoms with Crippen molar-refractivity contribution < 1.29 is 14.4 Å². The predicted octanol–water partition coefficient (Wildman–Crippen LogP) is 22.5. The van der Waals surface area contributed by atoms with Crippen molar-refractivity contribution in [1.82, 2.24) is 37.4 Å². The number of Topliss-reactive ketones (excluding diaryl/α,β-unsaturated/α-hetero) is 3. The van der Waals surface area contributed by atoms with Gasteiger partial charge in [0.05, 0.1) is 43.6 Å². The molecule has 0 fully saturated rings. The van der Waals surface area contributed by atoms with Crippen LogP contribution < -0.4 is 14.4 Å². The van der Waals surface area contributed by atoms with E-state index < -0.39 is 0 Å². The summed E-state index contributed by atoms with van der Waals surface area (Å²) in [6.45, 7) is 8.14. The molecule has 0 bridgehead atoms. The highest BCUT2D eigenvalue weighted by atomic mass is 127. The maximum Gasteiger partial charge on any atom is 0.194 e. The fourth-order valence-corrected chi connectivity index (χ4v) is 23.2. The third kappa shape index (κ3) is 19.1. The van der Waals surface area contributed by atoms with Gasteiger partial charge in [-0.25, -0.2) is 9.97 Å². The second kappa shape index (κ2) is 37.6. The maximum absolute atomic E-state index is 12.7. The molecule has 3 N–H and O–H groups in total. The van der Waals surface area contributed by atoms with Gasteiger partial charge in [0.15, 0.2) is 46.8 Å². The fourth-order valence-electron chi connectivity index (χ4n) is 16.2. The molecule has 0 saturated heterocycles. The normalized spacial score (nSPS) is 15.5. The first-order chi connectivity index (χ1) is 57.1. The van der Waals surface area contributed by atoms with Gasteiger partial charge in [-0.3, -0.25) is 44.4 Å². The lowest BCUT2D eigenvalue weighted by Crippen LogP contribution is -2.22. The van der Waals surface area contributed by atoms with Crippen LogP contribution in [-0.4, -0.2) is 66.4 Å². The van der Waals surface area contributed by atoms with Gasteiger partial charge in [0.1, 0.15) is 0 Å². The van der Waals surface area contributed by atoms with E-state index in [1.165, 1.54) is 188 Å². The molecule has 7 aliphatic rings. The molecular formula is C95H95IN12O3S6. The summed E-state index contributed by atoms with van der Waals surface area (Å²) in [4.78, 5) is 65.0. The van der Waals surface area contributed by atoms with Crippen LogP contribution in [0.15, 0.2) is 221 Å². The largest absolute Gasteiger partial charge is 0.321 e. The number of aryl methyl sites for hydroxylation is 8. The Bertz CT molecular complexity index is 6010. The number of thioether (sulfide) groups is 1. The lowest BCUT2D eigenvalue weighted by atomic mass is 10.0. The molecule has 117 heavy (non-hydrogen) atoms. The number of halogens is 1. The Labute approximate surface area is 721 Å². The van der Waals surface area contributed by atoms with Crippen LogP contribution in [-0.2, 0) is 71.0 Å². The van der Waals surface area contributed by atoms with Gasteiger partial charge in [-0.1, -0.05) is 199 Å². The summed E-state index contributed by atoms with van der Waals surface area (Å²) in [7, 11) is 0. The van der Waals surface area contributed by atoms with Gasteiger partial charge in [0, 0.05) is 108 Å². The molecule has 1 atom stereocenters. The van der Waals surface area contributed by atoms with Crippen LogP contribution in [0.3, 0.4) is 0 Å². The summed E-state index contributed by atoms with van der Waals surface area (Å²) in [5.41, 5.74) is 20.7. The summed E-state index contributed by atoms with van der Waals surface area (Å²) in [6.07, 6.45) is 27.9. The number of thiazole rings is 5. The van der Waals surface area contributed by atoms with Crippen LogP contribution in [0.1, 0.15) is 179 Å². The molecule has 7 aromatic carbocycles. The monoisotopic (exact) mass is 1770 g/mol. The van der Waals surface area contributed by atoms with Crippen LogP contribution >= 0.6 is 91.0 Å². The van der Waals surface area contributed by atoms with Crippen LogP contribution in [0.2, 0.25) is 0 Å². The number of aliphatic imine (C=N–C) groups is 1. The van der Waals surface area contributed by atoms with Crippen molar-refractivity contribution in [3.63, 3.8) is 0 Å². The smallest absolute Gasteiger partial charge is 0.194 e. The Morgan fingerprint density at radius 2 is 0.812 bits per heavy atom. The van der Waals surface area contributed by atoms with E-state index >= 15 is 0 Å². The first kappa shape index (κ1) is 81.2. The molecule has 0 saturated carbocycles. The highest BCUT2D eigenvalue weighted by Crippen LogP contribution is 2.47. The second-order valence-electron chi connectivity index (χ2n) is 30.8. The number of hydrogen-bond acceptors (Lipinski definition) is 16. The van der Waals surface area contributed by atoms with E-state index in [0.717, 1.165) is 104 Å². The van der Waals surface area contributed by atoms with E-state index in [2.05, 4.69) is 152 Å². The standard InChI is InChI=1S/C21H20N2OS.C16H18N2OS.C16H16N2S.C15H15IN2OS.C15H16N2S.C12H10N2S/c22-21-23(18-8-4-5-9-20(18)25-21)14-19(24)17-12-10-16(11-13-17)15-6-2-1-3-7-15;1-11-6-8-12(9-7-11)14(19)10-18-13-4-2-3-5-15(13)20-16(18)17;1-11-6-8-12(9-7-11)13-10-18-14-4-2-3-5-15(14)19-16(18)17-13;16-11-7-5-10(6-8-11)13(19)9-18-12-3-1-2-4-14(12)20-15(18)17;1-2-6-11(7-3-1)12-10-17-13-8-4-5-9-14(13)18-15(17)16-12;1-9-8-15-12-13-11(7-14(9)12)10-5-3-2-4-6-10/h1-3,6-7,10-13,22H,4-5,8-9,14H2;6-9,17H,2-5,10H2,1H3;6-10H,2-5H2,1H3;5-8,17H,1-4,9H2;1-3,6-7,12H,4-5,8-10H2;2-8H,1H3. The van der Waals surface area contributed by atoms with E-state index in [4.69, 9.17) is 26.2 Å². The number of amidine groups is 1. The van der Waals surface area contributed by atoms with Crippen molar-refractivity contribution in [3.8, 4) is 33.6 Å². The van der Waals surface area contributed by atoms with Gasteiger partial charge in [-0.15, -0.1) is 56.7 Å². The molecule has 0 amide bonds. The van der Waals surface area contributed by atoms with Crippen molar-refractivity contribution in [3.05, 3.63) is 316 Å². The quantitative estimate of drug-likeness (QED) is 0.0756. The summed E-state index contributed by atoms with van der Waals surface area (Å²) < 4.78 is 11.3. The number of rotatable bonds is 13. The minimum atomic E-state index is 0.0734. The topological polar surface area (TPSA) is 188 Å². The average Bonchev–Trinajstić information content (AvgIpc) is 1.62.